The van der Waals surface area contributed by atoms with Crippen LogP contribution in [0.2, 0.25) is 10.0 Å². The highest BCUT2D eigenvalue weighted by atomic mass is 79.9. The third-order valence-corrected chi connectivity index (χ3v) is 6.82. The molecule has 2 aromatic carbocycles. The minimum absolute atomic E-state index is 0.127. The number of hydrogen-bond donors (Lipinski definition) is 0. The molecule has 0 saturated heterocycles. The van der Waals surface area contributed by atoms with Gasteiger partial charge in [-0.1, -0.05) is 23.2 Å². The van der Waals surface area contributed by atoms with E-state index in [1.54, 1.807) is 24.3 Å². The first kappa shape index (κ1) is 18.8. The van der Waals surface area contributed by atoms with Gasteiger partial charge in [-0.3, -0.25) is 4.79 Å². The van der Waals surface area contributed by atoms with Gasteiger partial charge in [0.1, 0.15) is 30.5 Å². The standard InChI is InChI=1S/C20H12Br2Cl2O4/c21-14-5-10(23)3-12-16-9(7-26-17(12)14)1-2-20(28-16)8-27-18-13(19(20)25)4-11(24)6-15(18)22/h3-6H,1-2,7-8H2. The molecule has 3 aliphatic rings. The van der Waals surface area contributed by atoms with Crippen molar-refractivity contribution in [3.05, 3.63) is 60.0 Å². The minimum Gasteiger partial charge on any atom is -0.487 e. The molecule has 1 spiro atoms. The van der Waals surface area contributed by atoms with E-state index in [2.05, 4.69) is 31.9 Å². The van der Waals surface area contributed by atoms with E-state index < -0.39 is 5.60 Å². The second-order valence-corrected chi connectivity index (χ2v) is 9.55. The fraction of sp³-hybridized carbons (Fsp3) is 0.250. The Labute approximate surface area is 188 Å². The quantitative estimate of drug-likeness (QED) is 0.381. The molecule has 3 heterocycles. The number of halogens is 4. The molecular formula is C20H12Br2Cl2O4. The van der Waals surface area contributed by atoms with Gasteiger partial charge < -0.3 is 14.2 Å². The number of benzene rings is 2. The summed E-state index contributed by atoms with van der Waals surface area (Å²) in [6.45, 7) is 0.551. The van der Waals surface area contributed by atoms with Crippen LogP contribution in [0, 0.1) is 0 Å². The number of fused-ring (bicyclic) bond motifs is 3. The number of carbonyl (C=O) groups is 1. The zero-order valence-electron chi connectivity index (χ0n) is 14.3. The van der Waals surface area contributed by atoms with Gasteiger partial charge in [0.25, 0.3) is 0 Å². The lowest BCUT2D eigenvalue weighted by atomic mass is 9.82. The Balaban J connectivity index is 1.59. The summed E-state index contributed by atoms with van der Waals surface area (Å²) in [6.07, 6.45) is 1.18. The molecular weight excluding hydrogens is 535 g/mol. The van der Waals surface area contributed by atoms with Gasteiger partial charge in [0.15, 0.2) is 0 Å². The largest absolute Gasteiger partial charge is 0.487 e. The van der Waals surface area contributed by atoms with E-state index in [0.717, 1.165) is 15.6 Å². The predicted octanol–water partition coefficient (Wildman–Crippen LogP) is 6.45. The molecule has 0 bridgehead atoms. The van der Waals surface area contributed by atoms with Gasteiger partial charge in [0, 0.05) is 22.0 Å². The van der Waals surface area contributed by atoms with Crippen LogP contribution in [0.25, 0.3) is 5.76 Å². The average molecular weight is 547 g/mol. The van der Waals surface area contributed by atoms with Crippen molar-refractivity contribution in [2.75, 3.05) is 13.2 Å². The van der Waals surface area contributed by atoms with Gasteiger partial charge in [-0.15, -0.1) is 0 Å². The lowest BCUT2D eigenvalue weighted by Crippen LogP contribution is -2.51. The maximum absolute atomic E-state index is 13.4. The molecule has 1 atom stereocenters. The van der Waals surface area contributed by atoms with Crippen molar-refractivity contribution in [2.24, 2.45) is 0 Å². The van der Waals surface area contributed by atoms with Crippen LogP contribution in [-0.4, -0.2) is 24.6 Å². The summed E-state index contributed by atoms with van der Waals surface area (Å²) in [7, 11) is 0. The molecule has 144 valence electrons. The van der Waals surface area contributed by atoms with Crippen LogP contribution < -0.4 is 9.47 Å². The van der Waals surface area contributed by atoms with Crippen LogP contribution in [0.1, 0.15) is 28.8 Å². The molecule has 0 fully saturated rings. The molecule has 0 aliphatic carbocycles. The third-order valence-electron chi connectivity index (χ3n) is 5.21. The maximum Gasteiger partial charge on any atom is 0.213 e. The molecule has 0 radical (unpaired) electrons. The Morgan fingerprint density at radius 3 is 2.29 bits per heavy atom. The Kier molecular flexibility index (Phi) is 4.47. The number of ether oxygens (including phenoxy) is 3. The summed E-state index contributed by atoms with van der Waals surface area (Å²) >= 11 is 19.3. The average Bonchev–Trinajstić information content (AvgIpc) is 2.65. The van der Waals surface area contributed by atoms with Crippen LogP contribution in [-0.2, 0) is 4.74 Å². The second-order valence-electron chi connectivity index (χ2n) is 6.96. The van der Waals surface area contributed by atoms with Crippen LogP contribution in [0.4, 0.5) is 0 Å². The number of rotatable bonds is 0. The van der Waals surface area contributed by atoms with E-state index in [1.807, 2.05) is 0 Å². The van der Waals surface area contributed by atoms with E-state index in [1.165, 1.54) is 0 Å². The molecule has 1 unspecified atom stereocenters. The molecule has 2 aromatic rings. The van der Waals surface area contributed by atoms with Crippen molar-refractivity contribution < 1.29 is 19.0 Å². The van der Waals surface area contributed by atoms with Gasteiger partial charge in [-0.05, 0) is 62.5 Å². The molecule has 4 nitrogen and oxygen atoms in total. The first-order chi connectivity index (χ1) is 13.4. The monoisotopic (exact) mass is 544 g/mol. The molecule has 3 aliphatic heterocycles. The van der Waals surface area contributed by atoms with E-state index in [9.17, 15) is 4.79 Å². The van der Waals surface area contributed by atoms with Gasteiger partial charge in [-0.25, -0.2) is 0 Å². The summed E-state index contributed by atoms with van der Waals surface area (Å²) in [4.78, 5) is 13.4. The Morgan fingerprint density at radius 1 is 0.929 bits per heavy atom. The maximum atomic E-state index is 13.4. The van der Waals surface area contributed by atoms with Gasteiger partial charge in [0.2, 0.25) is 11.4 Å². The van der Waals surface area contributed by atoms with Crippen molar-refractivity contribution in [2.45, 2.75) is 18.4 Å². The first-order valence-corrected chi connectivity index (χ1v) is 10.9. The number of hydrogen-bond acceptors (Lipinski definition) is 4. The summed E-state index contributed by atoms with van der Waals surface area (Å²) in [5.41, 5.74) is 1.08. The van der Waals surface area contributed by atoms with Crippen molar-refractivity contribution in [1.82, 2.24) is 0 Å². The van der Waals surface area contributed by atoms with Gasteiger partial charge >= 0.3 is 0 Å². The highest BCUT2D eigenvalue weighted by Crippen LogP contribution is 2.49. The molecule has 0 amide bonds. The zero-order valence-corrected chi connectivity index (χ0v) is 19.0. The molecule has 0 N–H and O–H groups in total. The summed E-state index contributed by atoms with van der Waals surface area (Å²) in [6, 6.07) is 6.91. The minimum atomic E-state index is -1.10. The van der Waals surface area contributed by atoms with Crippen LogP contribution in [0.5, 0.6) is 11.5 Å². The number of ketones is 1. The topological polar surface area (TPSA) is 44.8 Å². The smallest absolute Gasteiger partial charge is 0.213 e. The fourth-order valence-corrected chi connectivity index (χ4v) is 5.69. The SMILES string of the molecule is O=C1c2cc(Cl)cc(Br)c2OCC12CCC1=C(O2)c2cc(Cl)cc(Br)c2OC1. The zero-order chi connectivity index (χ0) is 19.6. The van der Waals surface area contributed by atoms with Crippen molar-refractivity contribution in [1.29, 1.82) is 0 Å². The molecule has 8 heteroatoms. The summed E-state index contributed by atoms with van der Waals surface area (Å²) < 4.78 is 19.6. The predicted molar refractivity (Wildman–Crippen MR) is 114 cm³/mol. The molecule has 28 heavy (non-hydrogen) atoms. The highest BCUT2D eigenvalue weighted by Gasteiger charge is 2.50. The highest BCUT2D eigenvalue weighted by molar-refractivity contribution is 9.11. The van der Waals surface area contributed by atoms with E-state index in [0.29, 0.717) is 56.8 Å². The molecule has 0 saturated carbocycles. The lowest BCUT2D eigenvalue weighted by molar-refractivity contribution is -0.0149. The van der Waals surface area contributed by atoms with E-state index in [4.69, 9.17) is 37.4 Å². The van der Waals surface area contributed by atoms with Crippen molar-refractivity contribution >= 4 is 66.6 Å². The lowest BCUT2D eigenvalue weighted by Gasteiger charge is -2.42. The van der Waals surface area contributed by atoms with Crippen LogP contribution in [0.3, 0.4) is 0 Å². The van der Waals surface area contributed by atoms with Crippen LogP contribution >= 0.6 is 55.1 Å². The van der Waals surface area contributed by atoms with Crippen LogP contribution in [0.15, 0.2) is 38.8 Å². The molecule has 5 rings (SSSR count). The Bertz CT molecular complexity index is 1080. The van der Waals surface area contributed by atoms with Gasteiger partial charge in [0.05, 0.1) is 20.1 Å². The number of Topliss-reactive ketones (excluding diaryl/α,β-unsaturated/α-hetero) is 1. The normalized spacial score (nSPS) is 22.6. The first-order valence-electron chi connectivity index (χ1n) is 8.58. The third kappa shape index (κ3) is 2.80. The van der Waals surface area contributed by atoms with E-state index >= 15 is 0 Å². The summed E-state index contributed by atoms with van der Waals surface area (Å²) in [5.74, 6) is 1.69. The van der Waals surface area contributed by atoms with E-state index in [-0.39, 0.29) is 12.4 Å². The number of carbonyl (C=O) groups excluding carboxylic acids is 1. The summed E-state index contributed by atoms with van der Waals surface area (Å²) in [5, 5.41) is 1.01. The Hall–Kier alpha value is -1.21. The fourth-order valence-electron chi connectivity index (χ4n) is 3.84. The molecule has 0 aromatic heterocycles. The van der Waals surface area contributed by atoms with Crippen molar-refractivity contribution in [3.63, 3.8) is 0 Å². The van der Waals surface area contributed by atoms with Crippen molar-refractivity contribution in [3.8, 4) is 11.5 Å². The van der Waals surface area contributed by atoms with Gasteiger partial charge in [-0.2, -0.15) is 0 Å². The second kappa shape index (κ2) is 6.66. The Morgan fingerprint density at radius 2 is 1.57 bits per heavy atom.